The van der Waals surface area contributed by atoms with Gasteiger partial charge in [0.1, 0.15) is 5.75 Å². The molecule has 0 radical (unpaired) electrons. The summed E-state index contributed by atoms with van der Waals surface area (Å²) in [6, 6.07) is 7.93. The molecule has 0 heterocycles. The van der Waals surface area contributed by atoms with Crippen molar-refractivity contribution in [3.05, 3.63) is 29.8 Å². The fraction of sp³-hybridized carbons (Fsp3) is 0.533. The van der Waals surface area contributed by atoms with Crippen molar-refractivity contribution in [3.8, 4) is 5.75 Å². The van der Waals surface area contributed by atoms with E-state index in [1.807, 2.05) is 24.3 Å². The van der Waals surface area contributed by atoms with E-state index in [0.29, 0.717) is 13.1 Å². The number of rotatable bonds is 8. The quantitative estimate of drug-likeness (QED) is 0.743. The Kier molecular flexibility index (Phi) is 5.21. The Morgan fingerprint density at radius 2 is 2.05 bits per heavy atom. The van der Waals surface area contributed by atoms with Gasteiger partial charge in [-0.3, -0.25) is 4.79 Å². The number of methoxy groups -OCH3 is 1. The van der Waals surface area contributed by atoms with E-state index in [9.17, 15) is 4.79 Å². The molecule has 2 rings (SSSR count). The Bertz CT molecular complexity index is 399. The minimum atomic E-state index is 0.0779. The summed E-state index contributed by atoms with van der Waals surface area (Å²) in [5.41, 5.74) is 1.20. The van der Waals surface area contributed by atoms with Crippen LogP contribution in [-0.2, 0) is 11.2 Å². The molecule has 1 amide bonds. The van der Waals surface area contributed by atoms with Crippen molar-refractivity contribution in [1.29, 1.82) is 0 Å². The maximum atomic E-state index is 11.5. The number of amides is 1. The number of hydrogen-bond acceptors (Lipinski definition) is 3. The Morgan fingerprint density at radius 1 is 1.32 bits per heavy atom. The monoisotopic (exact) mass is 262 g/mol. The van der Waals surface area contributed by atoms with Crippen LogP contribution in [0, 0.1) is 5.92 Å². The van der Waals surface area contributed by atoms with E-state index >= 15 is 0 Å². The van der Waals surface area contributed by atoms with Gasteiger partial charge in [-0.05, 0) is 49.4 Å². The second-order valence-electron chi connectivity index (χ2n) is 5.02. The lowest BCUT2D eigenvalue weighted by Gasteiger charge is -2.07. The van der Waals surface area contributed by atoms with E-state index in [2.05, 4.69) is 10.6 Å². The van der Waals surface area contributed by atoms with Crippen molar-refractivity contribution >= 4 is 5.91 Å². The Morgan fingerprint density at radius 3 is 2.68 bits per heavy atom. The molecule has 1 aromatic rings. The third kappa shape index (κ3) is 5.30. The molecule has 4 heteroatoms. The molecule has 2 N–H and O–H groups in total. The molecule has 0 spiro atoms. The van der Waals surface area contributed by atoms with Gasteiger partial charge < -0.3 is 15.4 Å². The summed E-state index contributed by atoms with van der Waals surface area (Å²) in [6.45, 7) is 2.08. The lowest BCUT2D eigenvalue weighted by Crippen LogP contribution is -2.35. The summed E-state index contributed by atoms with van der Waals surface area (Å²) in [5.74, 6) is 1.75. The summed E-state index contributed by atoms with van der Waals surface area (Å²) >= 11 is 0. The highest BCUT2D eigenvalue weighted by molar-refractivity contribution is 5.77. The standard InChI is InChI=1S/C15H22N2O2/c1-19-14-6-4-12(5-7-14)8-9-17-15(18)11-16-10-13-2-3-13/h4-7,13,16H,2-3,8-11H2,1H3,(H,17,18). The fourth-order valence-corrected chi connectivity index (χ4v) is 1.91. The summed E-state index contributed by atoms with van der Waals surface area (Å²) in [5, 5.41) is 6.10. The highest BCUT2D eigenvalue weighted by atomic mass is 16.5. The average Bonchev–Trinajstić information content (AvgIpc) is 3.24. The molecule has 0 atom stereocenters. The van der Waals surface area contributed by atoms with E-state index < -0.39 is 0 Å². The molecule has 1 aliphatic carbocycles. The van der Waals surface area contributed by atoms with E-state index in [4.69, 9.17) is 4.74 Å². The van der Waals surface area contributed by atoms with Gasteiger partial charge in [-0.2, -0.15) is 0 Å². The second kappa shape index (κ2) is 7.14. The van der Waals surface area contributed by atoms with Gasteiger partial charge in [0.2, 0.25) is 5.91 Å². The third-order valence-electron chi connectivity index (χ3n) is 3.31. The lowest BCUT2D eigenvalue weighted by molar-refractivity contribution is -0.120. The minimum absolute atomic E-state index is 0.0779. The number of ether oxygens (including phenoxy) is 1. The van der Waals surface area contributed by atoms with Crippen LogP contribution in [0.15, 0.2) is 24.3 Å². The van der Waals surface area contributed by atoms with Crippen LogP contribution in [0.25, 0.3) is 0 Å². The zero-order valence-electron chi connectivity index (χ0n) is 11.4. The van der Waals surface area contributed by atoms with Gasteiger partial charge in [-0.15, -0.1) is 0 Å². The molecule has 104 valence electrons. The normalized spacial score (nSPS) is 14.2. The van der Waals surface area contributed by atoms with Crippen LogP contribution >= 0.6 is 0 Å². The number of carbonyl (C=O) groups is 1. The largest absolute Gasteiger partial charge is 0.497 e. The van der Waals surface area contributed by atoms with Crippen LogP contribution in [0.1, 0.15) is 18.4 Å². The molecule has 0 aromatic heterocycles. The van der Waals surface area contributed by atoms with Gasteiger partial charge in [0.25, 0.3) is 0 Å². The SMILES string of the molecule is COc1ccc(CCNC(=O)CNCC2CC2)cc1. The fourth-order valence-electron chi connectivity index (χ4n) is 1.91. The van der Waals surface area contributed by atoms with E-state index in [1.54, 1.807) is 7.11 Å². The van der Waals surface area contributed by atoms with Crippen LogP contribution in [0.5, 0.6) is 5.75 Å². The van der Waals surface area contributed by atoms with Crippen LogP contribution in [0.4, 0.5) is 0 Å². The van der Waals surface area contributed by atoms with Gasteiger partial charge in [0.15, 0.2) is 0 Å². The zero-order chi connectivity index (χ0) is 13.5. The molecule has 1 aromatic carbocycles. The first-order chi connectivity index (χ1) is 9.28. The van der Waals surface area contributed by atoms with Gasteiger partial charge in [0.05, 0.1) is 13.7 Å². The van der Waals surface area contributed by atoms with Crippen molar-refractivity contribution in [1.82, 2.24) is 10.6 Å². The highest BCUT2D eigenvalue weighted by Gasteiger charge is 2.20. The van der Waals surface area contributed by atoms with E-state index in [-0.39, 0.29) is 5.91 Å². The van der Waals surface area contributed by atoms with Gasteiger partial charge in [0, 0.05) is 6.54 Å². The molecule has 0 unspecified atom stereocenters. The minimum Gasteiger partial charge on any atom is -0.497 e. The lowest BCUT2D eigenvalue weighted by atomic mass is 10.1. The summed E-state index contributed by atoms with van der Waals surface area (Å²) in [7, 11) is 1.66. The maximum absolute atomic E-state index is 11.5. The van der Waals surface area contributed by atoms with Crippen molar-refractivity contribution in [2.45, 2.75) is 19.3 Å². The van der Waals surface area contributed by atoms with Crippen LogP contribution in [-0.4, -0.2) is 32.7 Å². The first-order valence-electron chi connectivity index (χ1n) is 6.88. The molecule has 1 fully saturated rings. The van der Waals surface area contributed by atoms with Crippen molar-refractivity contribution in [3.63, 3.8) is 0 Å². The van der Waals surface area contributed by atoms with Crippen LogP contribution < -0.4 is 15.4 Å². The van der Waals surface area contributed by atoms with Crippen molar-refractivity contribution in [2.24, 2.45) is 5.92 Å². The molecular weight excluding hydrogens is 240 g/mol. The first kappa shape index (κ1) is 13.9. The third-order valence-corrected chi connectivity index (χ3v) is 3.31. The molecule has 1 aliphatic rings. The molecule has 0 aliphatic heterocycles. The predicted octanol–water partition coefficient (Wildman–Crippen LogP) is 1.35. The molecule has 1 saturated carbocycles. The van der Waals surface area contributed by atoms with Gasteiger partial charge >= 0.3 is 0 Å². The van der Waals surface area contributed by atoms with Crippen molar-refractivity contribution in [2.75, 3.05) is 26.7 Å². The van der Waals surface area contributed by atoms with E-state index in [1.165, 1.54) is 18.4 Å². The predicted molar refractivity (Wildman–Crippen MR) is 75.3 cm³/mol. The smallest absolute Gasteiger partial charge is 0.233 e. The average molecular weight is 262 g/mol. The van der Waals surface area contributed by atoms with E-state index in [0.717, 1.165) is 24.6 Å². The molecule has 0 saturated heterocycles. The molecular formula is C15H22N2O2. The number of carbonyl (C=O) groups excluding carboxylic acids is 1. The summed E-state index contributed by atoms with van der Waals surface area (Å²) < 4.78 is 5.10. The Labute approximate surface area is 114 Å². The highest BCUT2D eigenvalue weighted by Crippen LogP contribution is 2.27. The summed E-state index contributed by atoms with van der Waals surface area (Å²) in [4.78, 5) is 11.5. The summed E-state index contributed by atoms with van der Waals surface area (Å²) in [6.07, 6.45) is 3.47. The number of hydrogen-bond donors (Lipinski definition) is 2. The zero-order valence-corrected chi connectivity index (χ0v) is 11.4. The maximum Gasteiger partial charge on any atom is 0.233 e. The molecule has 4 nitrogen and oxygen atoms in total. The van der Waals surface area contributed by atoms with Crippen LogP contribution in [0.2, 0.25) is 0 Å². The van der Waals surface area contributed by atoms with Gasteiger partial charge in [-0.1, -0.05) is 12.1 Å². The first-order valence-corrected chi connectivity index (χ1v) is 6.88. The Balaban J connectivity index is 1.57. The van der Waals surface area contributed by atoms with Crippen molar-refractivity contribution < 1.29 is 9.53 Å². The topological polar surface area (TPSA) is 50.4 Å². The van der Waals surface area contributed by atoms with Crippen LogP contribution in [0.3, 0.4) is 0 Å². The Hall–Kier alpha value is -1.55. The second-order valence-corrected chi connectivity index (χ2v) is 5.02. The number of nitrogens with one attached hydrogen (secondary N) is 2. The molecule has 19 heavy (non-hydrogen) atoms. The molecule has 0 bridgehead atoms. The number of benzene rings is 1. The van der Waals surface area contributed by atoms with Gasteiger partial charge in [-0.25, -0.2) is 0 Å².